The molecule has 5 nitrogen and oxygen atoms in total. The Hall–Kier alpha value is -3.38. The van der Waals surface area contributed by atoms with Gasteiger partial charge in [0.05, 0.1) is 6.21 Å². The van der Waals surface area contributed by atoms with Crippen molar-refractivity contribution in [1.82, 2.24) is 14.9 Å². The van der Waals surface area contributed by atoms with E-state index in [1.807, 2.05) is 61.5 Å². The van der Waals surface area contributed by atoms with Crippen LogP contribution in [0.2, 0.25) is 0 Å². The number of phenols is 1. The topological polar surface area (TPSA) is 63.3 Å². The van der Waals surface area contributed by atoms with E-state index in [4.69, 9.17) is 0 Å². The monoisotopic (exact) mass is 400 g/mol. The second kappa shape index (κ2) is 8.75. The number of aromatic hydroxyl groups is 1. The van der Waals surface area contributed by atoms with Crippen molar-refractivity contribution in [3.8, 4) is 17.1 Å². The first-order valence-corrected chi connectivity index (χ1v) is 10.2. The van der Waals surface area contributed by atoms with Crippen LogP contribution < -0.4 is 0 Å². The summed E-state index contributed by atoms with van der Waals surface area (Å²) in [4.78, 5) is 0. The van der Waals surface area contributed by atoms with E-state index in [9.17, 15) is 5.11 Å². The standard InChI is InChI=1S/C23H20N4OS/c1-17-11-13-19(14-12-17)22-25-26-23(29-16-18-7-3-2-4-8-18)27(22)24-15-20-9-5-6-10-21(20)28/h2-15,28H,16H2,1H3/b24-15+. The number of phenolic OH excluding ortho intramolecular Hbond substituents is 1. The van der Waals surface area contributed by atoms with Crippen molar-refractivity contribution in [3.05, 3.63) is 95.6 Å². The number of rotatable bonds is 6. The van der Waals surface area contributed by atoms with E-state index in [-0.39, 0.29) is 5.75 Å². The summed E-state index contributed by atoms with van der Waals surface area (Å²) >= 11 is 1.57. The Morgan fingerprint density at radius 3 is 2.41 bits per heavy atom. The molecule has 0 radical (unpaired) electrons. The molecular weight excluding hydrogens is 380 g/mol. The zero-order valence-electron chi connectivity index (χ0n) is 15.9. The normalized spacial score (nSPS) is 11.2. The molecule has 0 bridgehead atoms. The predicted molar refractivity (Wildman–Crippen MR) is 117 cm³/mol. The lowest BCUT2D eigenvalue weighted by Gasteiger charge is -2.06. The van der Waals surface area contributed by atoms with Crippen LogP contribution in [0, 0.1) is 6.92 Å². The number of hydrogen-bond donors (Lipinski definition) is 1. The van der Waals surface area contributed by atoms with Gasteiger partial charge in [0.25, 0.3) is 0 Å². The van der Waals surface area contributed by atoms with Crippen LogP contribution in [-0.2, 0) is 5.75 Å². The minimum absolute atomic E-state index is 0.180. The quantitative estimate of drug-likeness (QED) is 0.360. The van der Waals surface area contributed by atoms with Gasteiger partial charge < -0.3 is 5.11 Å². The molecule has 0 aliphatic heterocycles. The summed E-state index contributed by atoms with van der Waals surface area (Å²) in [6.45, 7) is 2.05. The van der Waals surface area contributed by atoms with Crippen molar-refractivity contribution in [1.29, 1.82) is 0 Å². The number of para-hydroxylation sites is 1. The Morgan fingerprint density at radius 2 is 1.66 bits per heavy atom. The van der Waals surface area contributed by atoms with Gasteiger partial charge in [0.1, 0.15) is 5.75 Å². The van der Waals surface area contributed by atoms with Gasteiger partial charge in [-0.2, -0.15) is 9.78 Å². The highest BCUT2D eigenvalue weighted by Gasteiger charge is 2.14. The lowest BCUT2D eigenvalue weighted by Crippen LogP contribution is -1.97. The first-order chi connectivity index (χ1) is 14.2. The van der Waals surface area contributed by atoms with Gasteiger partial charge >= 0.3 is 0 Å². The summed E-state index contributed by atoms with van der Waals surface area (Å²) in [5.41, 5.74) is 3.95. The summed E-state index contributed by atoms with van der Waals surface area (Å²) in [6.07, 6.45) is 1.63. The molecule has 144 valence electrons. The smallest absolute Gasteiger partial charge is 0.212 e. The van der Waals surface area contributed by atoms with E-state index >= 15 is 0 Å². The minimum Gasteiger partial charge on any atom is -0.507 e. The number of hydrogen-bond acceptors (Lipinski definition) is 5. The molecule has 1 heterocycles. The molecule has 0 aliphatic carbocycles. The average molecular weight is 401 g/mol. The van der Waals surface area contributed by atoms with Crippen molar-refractivity contribution in [2.75, 3.05) is 0 Å². The summed E-state index contributed by atoms with van der Waals surface area (Å²) in [5.74, 6) is 1.60. The predicted octanol–water partition coefficient (Wildman–Crippen LogP) is 5.13. The van der Waals surface area contributed by atoms with E-state index in [0.717, 1.165) is 11.3 Å². The van der Waals surface area contributed by atoms with Crippen LogP contribution in [0.1, 0.15) is 16.7 Å². The van der Waals surface area contributed by atoms with Crippen LogP contribution in [0.15, 0.2) is 89.1 Å². The van der Waals surface area contributed by atoms with Crippen molar-refractivity contribution in [2.24, 2.45) is 5.10 Å². The fraction of sp³-hybridized carbons (Fsp3) is 0.0870. The molecule has 0 spiro atoms. The fourth-order valence-electron chi connectivity index (χ4n) is 2.78. The van der Waals surface area contributed by atoms with Crippen molar-refractivity contribution in [3.63, 3.8) is 0 Å². The molecule has 0 saturated carbocycles. The average Bonchev–Trinajstić information content (AvgIpc) is 3.16. The van der Waals surface area contributed by atoms with Gasteiger partial charge in [-0.1, -0.05) is 84.1 Å². The Labute approximate surface area is 173 Å². The summed E-state index contributed by atoms with van der Waals surface area (Å²) < 4.78 is 1.73. The maximum atomic E-state index is 10.0. The number of aryl methyl sites for hydroxylation is 1. The maximum absolute atomic E-state index is 10.0. The van der Waals surface area contributed by atoms with Gasteiger partial charge in [0.2, 0.25) is 5.16 Å². The summed E-state index contributed by atoms with van der Waals surface area (Å²) in [6, 6.07) is 25.4. The molecule has 0 aliphatic rings. The van der Waals surface area contributed by atoms with Gasteiger partial charge in [-0.3, -0.25) is 0 Å². The first-order valence-electron chi connectivity index (χ1n) is 9.22. The Morgan fingerprint density at radius 1 is 0.931 bits per heavy atom. The zero-order chi connectivity index (χ0) is 20.1. The van der Waals surface area contributed by atoms with Crippen molar-refractivity contribution < 1.29 is 5.11 Å². The zero-order valence-corrected chi connectivity index (χ0v) is 16.8. The third-order valence-corrected chi connectivity index (χ3v) is 5.37. The Kier molecular flexibility index (Phi) is 5.72. The number of thioether (sulfide) groups is 1. The highest BCUT2D eigenvalue weighted by Crippen LogP contribution is 2.27. The SMILES string of the molecule is Cc1ccc(-c2nnc(SCc3ccccc3)n2/N=C/c2ccccc2O)cc1. The number of aromatic nitrogens is 3. The summed E-state index contributed by atoms with van der Waals surface area (Å²) in [7, 11) is 0. The van der Waals surface area contributed by atoms with E-state index in [0.29, 0.717) is 16.5 Å². The van der Waals surface area contributed by atoms with Crippen LogP contribution in [0.4, 0.5) is 0 Å². The molecule has 3 aromatic carbocycles. The molecule has 0 amide bonds. The highest BCUT2D eigenvalue weighted by atomic mass is 32.2. The van der Waals surface area contributed by atoms with E-state index in [2.05, 4.69) is 27.4 Å². The number of nitrogens with zero attached hydrogens (tertiary/aromatic N) is 4. The fourth-order valence-corrected chi connectivity index (χ4v) is 3.62. The van der Waals surface area contributed by atoms with Gasteiger partial charge in [-0.05, 0) is 24.6 Å². The van der Waals surface area contributed by atoms with Crippen LogP contribution >= 0.6 is 11.8 Å². The molecule has 4 aromatic rings. The maximum Gasteiger partial charge on any atom is 0.212 e. The second-order valence-electron chi connectivity index (χ2n) is 6.56. The number of benzene rings is 3. The molecule has 0 fully saturated rings. The Balaban J connectivity index is 1.69. The van der Waals surface area contributed by atoms with Gasteiger partial charge in [0.15, 0.2) is 5.82 Å². The first kappa shape index (κ1) is 19.0. The van der Waals surface area contributed by atoms with E-state index in [1.165, 1.54) is 11.1 Å². The van der Waals surface area contributed by atoms with E-state index in [1.54, 1.807) is 34.8 Å². The van der Waals surface area contributed by atoms with Crippen LogP contribution in [0.5, 0.6) is 5.75 Å². The molecule has 6 heteroatoms. The molecule has 0 saturated heterocycles. The molecule has 29 heavy (non-hydrogen) atoms. The van der Waals surface area contributed by atoms with E-state index < -0.39 is 0 Å². The Bertz CT molecular complexity index is 1120. The largest absolute Gasteiger partial charge is 0.507 e. The lowest BCUT2D eigenvalue weighted by atomic mass is 10.1. The minimum atomic E-state index is 0.180. The van der Waals surface area contributed by atoms with Crippen LogP contribution in [0.3, 0.4) is 0 Å². The van der Waals surface area contributed by atoms with Crippen molar-refractivity contribution in [2.45, 2.75) is 17.8 Å². The molecule has 0 unspecified atom stereocenters. The molecule has 1 N–H and O–H groups in total. The summed E-state index contributed by atoms with van der Waals surface area (Å²) in [5, 5.41) is 24.1. The van der Waals surface area contributed by atoms with Gasteiger partial charge in [0, 0.05) is 16.9 Å². The lowest BCUT2D eigenvalue weighted by molar-refractivity contribution is 0.474. The second-order valence-corrected chi connectivity index (χ2v) is 7.50. The third-order valence-electron chi connectivity index (χ3n) is 4.38. The van der Waals surface area contributed by atoms with Gasteiger partial charge in [-0.25, -0.2) is 0 Å². The van der Waals surface area contributed by atoms with Crippen molar-refractivity contribution >= 4 is 18.0 Å². The van der Waals surface area contributed by atoms with Crippen LogP contribution in [-0.4, -0.2) is 26.2 Å². The third kappa shape index (κ3) is 4.55. The van der Waals surface area contributed by atoms with Gasteiger partial charge in [-0.15, -0.1) is 10.2 Å². The molecule has 4 rings (SSSR count). The molecule has 1 aromatic heterocycles. The van der Waals surface area contributed by atoms with Crippen LogP contribution in [0.25, 0.3) is 11.4 Å². The highest BCUT2D eigenvalue weighted by molar-refractivity contribution is 7.98. The molecule has 0 atom stereocenters. The molecular formula is C23H20N4OS.